The minimum absolute atomic E-state index is 0.0329. The van der Waals surface area contributed by atoms with E-state index in [-0.39, 0.29) is 27.4 Å². The van der Waals surface area contributed by atoms with E-state index in [4.69, 9.17) is 10.00 Å². The zero-order chi connectivity index (χ0) is 11.9. The van der Waals surface area contributed by atoms with E-state index in [1.807, 2.05) is 6.07 Å². The summed E-state index contributed by atoms with van der Waals surface area (Å²) < 4.78 is 19.1. The first-order valence-corrected chi connectivity index (χ1v) is 5.45. The molecule has 2 rings (SSSR count). The van der Waals surface area contributed by atoms with Gasteiger partial charge >= 0.3 is 0 Å². The number of hydrogen-bond donors (Lipinski definition) is 0. The molecule has 0 N–H and O–H groups in total. The number of likely N-dealkylation sites (N-methyl/N-ethyl adjacent to an activating group) is 1. The van der Waals surface area contributed by atoms with Gasteiger partial charge in [0.05, 0.1) is 14.8 Å². The molecule has 0 saturated carbocycles. The maximum Gasteiger partial charge on any atom is 0.264 e. The summed E-state index contributed by atoms with van der Waals surface area (Å²) in [5.41, 5.74) is 0.493. The Kier molecular flexibility index (Phi) is 2.71. The fraction of sp³-hybridized carbons (Fsp3) is 0.200. The van der Waals surface area contributed by atoms with E-state index in [0.29, 0.717) is 5.69 Å². The predicted octanol–water partition coefficient (Wildman–Crippen LogP) is 1.66. The molecule has 1 aromatic carbocycles. The second-order valence-corrected chi connectivity index (χ2v) is 4.33. The van der Waals surface area contributed by atoms with Crippen molar-refractivity contribution in [1.82, 2.24) is 0 Å². The summed E-state index contributed by atoms with van der Waals surface area (Å²) in [4.78, 5) is 12.6. The number of halogens is 2. The van der Waals surface area contributed by atoms with E-state index in [1.165, 1.54) is 18.0 Å². The molecule has 0 aliphatic carbocycles. The smallest absolute Gasteiger partial charge is 0.264 e. The van der Waals surface area contributed by atoms with Gasteiger partial charge in [0.2, 0.25) is 0 Å². The summed E-state index contributed by atoms with van der Waals surface area (Å²) in [6.45, 7) is -0.178. The first-order valence-electron chi connectivity index (χ1n) is 4.37. The molecule has 1 amide bonds. The maximum absolute atomic E-state index is 13.8. The molecule has 6 heteroatoms. The molecule has 1 aromatic rings. The standard InChI is InChI=1S/C10H6FIN2O2/c1-14-6-2-5(3-13)9(12)8(11)10(6)16-4-7(14)15/h2H,4H2,1H3. The molecular weight excluding hydrogens is 326 g/mol. The molecule has 1 aliphatic rings. The summed E-state index contributed by atoms with van der Waals surface area (Å²) in [6, 6.07) is 3.34. The van der Waals surface area contributed by atoms with Crippen LogP contribution in [-0.4, -0.2) is 19.6 Å². The van der Waals surface area contributed by atoms with Crippen molar-refractivity contribution in [3.63, 3.8) is 0 Å². The summed E-state index contributed by atoms with van der Waals surface area (Å²) >= 11 is 1.74. The van der Waals surface area contributed by atoms with E-state index >= 15 is 0 Å². The number of rotatable bonds is 0. The number of carbonyl (C=O) groups is 1. The lowest BCUT2D eigenvalue weighted by Crippen LogP contribution is -2.36. The van der Waals surface area contributed by atoms with Crippen molar-refractivity contribution in [2.24, 2.45) is 0 Å². The van der Waals surface area contributed by atoms with E-state index in [2.05, 4.69) is 0 Å². The number of anilines is 1. The minimum atomic E-state index is -0.589. The van der Waals surface area contributed by atoms with Crippen LogP contribution in [0.5, 0.6) is 5.75 Å². The fourth-order valence-electron chi connectivity index (χ4n) is 1.43. The Morgan fingerprint density at radius 2 is 2.38 bits per heavy atom. The van der Waals surface area contributed by atoms with Crippen LogP contribution in [0, 0.1) is 20.7 Å². The number of nitrogens with zero attached hydrogens (tertiary/aromatic N) is 2. The van der Waals surface area contributed by atoms with Gasteiger partial charge in [-0.05, 0) is 28.7 Å². The number of hydrogen-bond acceptors (Lipinski definition) is 3. The molecule has 1 heterocycles. The van der Waals surface area contributed by atoms with E-state index in [0.717, 1.165) is 0 Å². The van der Waals surface area contributed by atoms with Gasteiger partial charge in [-0.2, -0.15) is 5.26 Å². The van der Waals surface area contributed by atoms with Crippen LogP contribution < -0.4 is 9.64 Å². The number of nitriles is 1. The van der Waals surface area contributed by atoms with Crippen molar-refractivity contribution in [1.29, 1.82) is 5.26 Å². The van der Waals surface area contributed by atoms with Crippen LogP contribution in [-0.2, 0) is 4.79 Å². The van der Waals surface area contributed by atoms with Crippen LogP contribution in [0.3, 0.4) is 0 Å². The van der Waals surface area contributed by atoms with Crippen LogP contribution in [0.4, 0.5) is 10.1 Å². The van der Waals surface area contributed by atoms with Crippen molar-refractivity contribution in [3.8, 4) is 11.8 Å². The molecule has 0 saturated heterocycles. The average molecular weight is 332 g/mol. The van der Waals surface area contributed by atoms with Gasteiger partial charge in [-0.15, -0.1) is 0 Å². The number of fused-ring (bicyclic) bond motifs is 1. The van der Waals surface area contributed by atoms with Gasteiger partial charge in [-0.1, -0.05) is 0 Å². The zero-order valence-electron chi connectivity index (χ0n) is 8.25. The molecule has 0 unspecified atom stereocenters. The number of benzene rings is 1. The summed E-state index contributed by atoms with van der Waals surface area (Å²) in [5.74, 6) is -0.823. The van der Waals surface area contributed by atoms with Gasteiger partial charge in [-0.3, -0.25) is 4.79 Å². The molecule has 1 aliphatic heterocycles. The highest BCUT2D eigenvalue weighted by Gasteiger charge is 2.28. The van der Waals surface area contributed by atoms with Crippen molar-refractivity contribution >= 4 is 34.2 Å². The average Bonchev–Trinajstić information content (AvgIpc) is 2.28. The lowest BCUT2D eigenvalue weighted by atomic mass is 10.1. The van der Waals surface area contributed by atoms with Crippen molar-refractivity contribution in [3.05, 3.63) is 21.0 Å². The maximum atomic E-state index is 13.8. The molecule has 4 nitrogen and oxygen atoms in total. The SMILES string of the molecule is CN1C(=O)COc2c1cc(C#N)c(I)c2F. The monoisotopic (exact) mass is 332 g/mol. The molecule has 0 fully saturated rings. The zero-order valence-corrected chi connectivity index (χ0v) is 10.4. The minimum Gasteiger partial charge on any atom is -0.478 e. The highest BCUT2D eigenvalue weighted by Crippen LogP contribution is 2.37. The fourth-order valence-corrected chi connectivity index (χ4v) is 1.95. The summed E-state index contributed by atoms with van der Waals surface area (Å²) in [7, 11) is 1.52. The largest absolute Gasteiger partial charge is 0.478 e. The molecule has 16 heavy (non-hydrogen) atoms. The van der Waals surface area contributed by atoms with E-state index < -0.39 is 5.82 Å². The summed E-state index contributed by atoms with van der Waals surface area (Å²) in [6.07, 6.45) is 0. The van der Waals surface area contributed by atoms with E-state index in [1.54, 1.807) is 22.6 Å². The quantitative estimate of drug-likeness (QED) is 0.679. The molecule has 0 atom stereocenters. The van der Waals surface area contributed by atoms with Crippen LogP contribution in [0.25, 0.3) is 0 Å². The Morgan fingerprint density at radius 3 is 3.00 bits per heavy atom. The van der Waals surface area contributed by atoms with Gasteiger partial charge in [-0.25, -0.2) is 4.39 Å². The van der Waals surface area contributed by atoms with Gasteiger partial charge in [0.15, 0.2) is 18.2 Å². The first kappa shape index (κ1) is 11.1. The second-order valence-electron chi connectivity index (χ2n) is 3.25. The normalized spacial score (nSPS) is 14.1. The third kappa shape index (κ3) is 1.51. The molecular formula is C10H6FIN2O2. The molecule has 0 radical (unpaired) electrons. The molecule has 0 spiro atoms. The lowest BCUT2D eigenvalue weighted by molar-refractivity contribution is -0.121. The van der Waals surface area contributed by atoms with E-state index in [9.17, 15) is 9.18 Å². The predicted molar refractivity (Wildman–Crippen MR) is 62.7 cm³/mol. The summed E-state index contributed by atoms with van der Waals surface area (Å²) in [5, 5.41) is 8.83. The number of carbonyl (C=O) groups excluding carboxylic acids is 1. The second kappa shape index (κ2) is 3.90. The Bertz CT molecular complexity index is 525. The third-order valence-corrected chi connectivity index (χ3v) is 3.39. The van der Waals surface area contributed by atoms with Crippen LogP contribution >= 0.6 is 22.6 Å². The van der Waals surface area contributed by atoms with Gasteiger partial charge < -0.3 is 9.64 Å². The van der Waals surface area contributed by atoms with Gasteiger partial charge in [0.1, 0.15) is 6.07 Å². The molecule has 0 bridgehead atoms. The van der Waals surface area contributed by atoms with Crippen molar-refractivity contribution < 1.29 is 13.9 Å². The van der Waals surface area contributed by atoms with Crippen LogP contribution in [0.2, 0.25) is 0 Å². The Hall–Kier alpha value is -1.36. The van der Waals surface area contributed by atoms with Crippen molar-refractivity contribution in [2.75, 3.05) is 18.6 Å². The first-order chi connectivity index (χ1) is 7.56. The Labute approximate surface area is 105 Å². The molecule has 82 valence electrons. The van der Waals surface area contributed by atoms with Gasteiger partial charge in [0.25, 0.3) is 5.91 Å². The third-order valence-electron chi connectivity index (χ3n) is 2.34. The molecule has 0 aromatic heterocycles. The lowest BCUT2D eigenvalue weighted by Gasteiger charge is -2.26. The van der Waals surface area contributed by atoms with Crippen LogP contribution in [0.15, 0.2) is 6.07 Å². The number of ether oxygens (including phenoxy) is 1. The highest BCUT2D eigenvalue weighted by atomic mass is 127. The highest BCUT2D eigenvalue weighted by molar-refractivity contribution is 14.1. The Morgan fingerprint density at radius 1 is 1.69 bits per heavy atom. The van der Waals surface area contributed by atoms with Crippen LogP contribution in [0.1, 0.15) is 5.56 Å². The Balaban J connectivity index is 2.70. The topological polar surface area (TPSA) is 53.3 Å². The number of amides is 1. The van der Waals surface area contributed by atoms with Gasteiger partial charge in [0, 0.05) is 7.05 Å². The van der Waals surface area contributed by atoms with Crippen molar-refractivity contribution in [2.45, 2.75) is 0 Å².